The number of hydrogen-bond acceptors (Lipinski definition) is 4. The monoisotopic (exact) mass is 246 g/mol. The van der Waals surface area contributed by atoms with Crippen LogP contribution in [0.5, 0.6) is 0 Å². The first-order valence-electron chi connectivity index (χ1n) is 6.53. The van der Waals surface area contributed by atoms with Gasteiger partial charge in [0.1, 0.15) is 11.5 Å². The predicted octanol–water partition coefficient (Wildman–Crippen LogP) is 1.51. The Labute approximate surface area is 107 Å². The third kappa shape index (κ3) is 1.74. The highest BCUT2D eigenvalue weighted by atomic mass is 16.2. The van der Waals surface area contributed by atoms with Crippen LogP contribution in [0.25, 0.3) is 0 Å². The highest BCUT2D eigenvalue weighted by Gasteiger charge is 2.33. The zero-order chi connectivity index (χ0) is 12.7. The topological polar surface area (TPSA) is 49.3 Å². The molecule has 96 valence electrons. The molecule has 0 saturated heterocycles. The average Bonchev–Trinajstić information content (AvgIpc) is 2.87. The summed E-state index contributed by atoms with van der Waals surface area (Å²) in [7, 11) is 1.80. The van der Waals surface area contributed by atoms with Crippen LogP contribution in [-0.2, 0) is 4.79 Å². The van der Waals surface area contributed by atoms with Crippen molar-refractivity contribution in [1.82, 2.24) is 9.97 Å². The molecule has 2 aliphatic rings. The van der Waals surface area contributed by atoms with Crippen molar-refractivity contribution in [3.05, 3.63) is 12.0 Å². The lowest BCUT2D eigenvalue weighted by Crippen LogP contribution is -2.48. The summed E-state index contributed by atoms with van der Waals surface area (Å²) in [4.78, 5) is 24.6. The lowest BCUT2D eigenvalue weighted by molar-refractivity contribution is -0.117. The van der Waals surface area contributed by atoms with E-state index in [1.165, 1.54) is 25.7 Å². The highest BCUT2D eigenvalue weighted by molar-refractivity contribution is 6.01. The van der Waals surface area contributed by atoms with Gasteiger partial charge in [-0.15, -0.1) is 0 Å². The van der Waals surface area contributed by atoms with Gasteiger partial charge in [0.15, 0.2) is 5.82 Å². The van der Waals surface area contributed by atoms with Crippen molar-refractivity contribution in [3.63, 3.8) is 0 Å². The van der Waals surface area contributed by atoms with Gasteiger partial charge in [-0.05, 0) is 19.8 Å². The van der Waals surface area contributed by atoms with E-state index in [9.17, 15) is 4.79 Å². The molecule has 0 spiro atoms. The smallest absolute Gasteiger partial charge is 0.246 e. The van der Waals surface area contributed by atoms with Crippen molar-refractivity contribution in [1.29, 1.82) is 0 Å². The summed E-state index contributed by atoms with van der Waals surface area (Å²) in [5.41, 5.74) is 0.837. The zero-order valence-corrected chi connectivity index (χ0v) is 10.9. The molecule has 1 saturated carbocycles. The van der Waals surface area contributed by atoms with E-state index in [0.717, 1.165) is 17.3 Å². The predicted molar refractivity (Wildman–Crippen MR) is 69.8 cm³/mol. The first-order chi connectivity index (χ1) is 8.66. The molecule has 0 unspecified atom stereocenters. The fourth-order valence-corrected chi connectivity index (χ4v) is 2.88. The number of aryl methyl sites for hydroxylation is 1. The number of hydrogen-bond donors (Lipinski definition) is 0. The molecule has 18 heavy (non-hydrogen) atoms. The van der Waals surface area contributed by atoms with Crippen LogP contribution in [0.3, 0.4) is 0 Å². The van der Waals surface area contributed by atoms with Gasteiger partial charge in [0.05, 0.1) is 12.7 Å². The molecule has 0 N–H and O–H groups in total. The molecular formula is C13H18N4O. The van der Waals surface area contributed by atoms with Crippen molar-refractivity contribution in [2.45, 2.75) is 38.6 Å². The Bertz CT molecular complexity index is 482. The minimum absolute atomic E-state index is 0.127. The Morgan fingerprint density at radius 3 is 2.78 bits per heavy atom. The van der Waals surface area contributed by atoms with Crippen LogP contribution in [0.15, 0.2) is 6.20 Å². The van der Waals surface area contributed by atoms with Crippen LogP contribution in [-0.4, -0.2) is 35.5 Å². The number of anilines is 2. The van der Waals surface area contributed by atoms with Gasteiger partial charge < -0.3 is 9.80 Å². The first kappa shape index (κ1) is 11.4. The molecule has 0 atom stereocenters. The van der Waals surface area contributed by atoms with E-state index in [4.69, 9.17) is 0 Å². The molecule has 0 aromatic carbocycles. The van der Waals surface area contributed by atoms with E-state index >= 15 is 0 Å². The van der Waals surface area contributed by atoms with Crippen LogP contribution in [0.2, 0.25) is 0 Å². The van der Waals surface area contributed by atoms with Crippen LogP contribution in [0.4, 0.5) is 11.5 Å². The quantitative estimate of drug-likeness (QED) is 0.753. The Morgan fingerprint density at radius 1 is 1.33 bits per heavy atom. The molecule has 1 aromatic rings. The second kappa shape index (κ2) is 4.23. The minimum atomic E-state index is 0.127. The molecule has 1 aliphatic heterocycles. The molecule has 5 nitrogen and oxygen atoms in total. The van der Waals surface area contributed by atoms with E-state index in [2.05, 4.69) is 14.9 Å². The number of amides is 1. The van der Waals surface area contributed by atoms with Gasteiger partial charge in [0.25, 0.3) is 0 Å². The normalized spacial score (nSPS) is 20.4. The highest BCUT2D eigenvalue weighted by Crippen LogP contribution is 2.35. The standard InChI is InChI=1S/C13H18N4O/c1-9-14-7-11-13(15-9)17(8-12(18)16(11)2)10-5-3-4-6-10/h7,10H,3-6,8H2,1-2H3. The second-order valence-electron chi connectivity index (χ2n) is 5.15. The molecule has 0 radical (unpaired) electrons. The van der Waals surface area contributed by atoms with Crippen molar-refractivity contribution in [3.8, 4) is 0 Å². The number of carbonyl (C=O) groups is 1. The number of aromatic nitrogens is 2. The summed E-state index contributed by atoms with van der Waals surface area (Å²) >= 11 is 0. The second-order valence-corrected chi connectivity index (χ2v) is 5.15. The van der Waals surface area contributed by atoms with Gasteiger partial charge >= 0.3 is 0 Å². The third-order valence-electron chi connectivity index (χ3n) is 3.95. The fraction of sp³-hybridized carbons (Fsp3) is 0.615. The molecule has 3 rings (SSSR count). The van der Waals surface area contributed by atoms with Crippen LogP contribution in [0.1, 0.15) is 31.5 Å². The SMILES string of the molecule is Cc1ncc2c(n1)N(C1CCCC1)CC(=O)N2C. The van der Waals surface area contributed by atoms with Gasteiger partial charge in [-0.2, -0.15) is 0 Å². The van der Waals surface area contributed by atoms with E-state index in [1.54, 1.807) is 18.1 Å². The number of nitrogens with zero attached hydrogens (tertiary/aromatic N) is 4. The van der Waals surface area contributed by atoms with Gasteiger partial charge in [0.2, 0.25) is 5.91 Å². The molecular weight excluding hydrogens is 228 g/mol. The van der Waals surface area contributed by atoms with Crippen molar-refractivity contribution < 1.29 is 4.79 Å². The van der Waals surface area contributed by atoms with Gasteiger partial charge in [-0.1, -0.05) is 12.8 Å². The molecule has 5 heteroatoms. The molecule has 1 aromatic heterocycles. The van der Waals surface area contributed by atoms with Crippen molar-refractivity contribution in [2.75, 3.05) is 23.4 Å². The van der Waals surface area contributed by atoms with Gasteiger partial charge in [-0.3, -0.25) is 4.79 Å². The lowest BCUT2D eigenvalue weighted by Gasteiger charge is -2.37. The van der Waals surface area contributed by atoms with Crippen LogP contribution in [0, 0.1) is 6.92 Å². The Balaban J connectivity index is 2.04. The Hall–Kier alpha value is -1.65. The summed E-state index contributed by atoms with van der Waals surface area (Å²) in [6.45, 7) is 2.34. The van der Waals surface area contributed by atoms with E-state index in [1.807, 2.05) is 6.92 Å². The third-order valence-corrected chi connectivity index (χ3v) is 3.95. The number of carbonyl (C=O) groups excluding carboxylic acids is 1. The number of likely N-dealkylation sites (N-methyl/N-ethyl adjacent to an activating group) is 1. The molecule has 1 aliphatic carbocycles. The minimum Gasteiger partial charge on any atom is -0.342 e. The maximum atomic E-state index is 12.0. The summed E-state index contributed by atoms with van der Waals surface area (Å²) in [5.74, 6) is 1.82. The summed E-state index contributed by atoms with van der Waals surface area (Å²) in [6, 6.07) is 0.468. The largest absolute Gasteiger partial charge is 0.342 e. The summed E-state index contributed by atoms with van der Waals surface area (Å²) < 4.78 is 0. The zero-order valence-electron chi connectivity index (χ0n) is 10.9. The van der Waals surface area contributed by atoms with Crippen molar-refractivity contribution >= 4 is 17.4 Å². The van der Waals surface area contributed by atoms with Crippen LogP contribution < -0.4 is 9.80 Å². The molecule has 1 fully saturated rings. The fourth-order valence-electron chi connectivity index (χ4n) is 2.88. The Kier molecular flexibility index (Phi) is 2.69. The van der Waals surface area contributed by atoms with E-state index in [-0.39, 0.29) is 5.91 Å². The summed E-state index contributed by atoms with van der Waals surface area (Å²) in [5, 5.41) is 0. The van der Waals surface area contributed by atoms with Crippen LogP contribution >= 0.6 is 0 Å². The summed E-state index contributed by atoms with van der Waals surface area (Å²) in [6.07, 6.45) is 6.60. The van der Waals surface area contributed by atoms with Gasteiger partial charge in [0, 0.05) is 13.1 Å². The molecule has 2 heterocycles. The number of rotatable bonds is 1. The van der Waals surface area contributed by atoms with Gasteiger partial charge in [-0.25, -0.2) is 9.97 Å². The van der Waals surface area contributed by atoms with Crippen molar-refractivity contribution in [2.24, 2.45) is 0 Å². The number of fused-ring (bicyclic) bond motifs is 1. The van der Waals surface area contributed by atoms with E-state index < -0.39 is 0 Å². The average molecular weight is 246 g/mol. The maximum absolute atomic E-state index is 12.0. The molecule has 1 amide bonds. The Morgan fingerprint density at radius 2 is 2.06 bits per heavy atom. The first-order valence-corrected chi connectivity index (χ1v) is 6.53. The maximum Gasteiger partial charge on any atom is 0.246 e. The lowest BCUT2D eigenvalue weighted by atomic mass is 10.1. The molecule has 0 bridgehead atoms. The van der Waals surface area contributed by atoms with E-state index in [0.29, 0.717) is 12.6 Å².